The van der Waals surface area contributed by atoms with E-state index < -0.39 is 23.2 Å². The monoisotopic (exact) mass is 472 g/mol. The van der Waals surface area contributed by atoms with E-state index in [4.69, 9.17) is 16.0 Å². The summed E-state index contributed by atoms with van der Waals surface area (Å²) in [5.74, 6) is -0.642. The molecular formula is C25H20ClF3N2O2. The molecule has 0 aliphatic heterocycles. The van der Waals surface area contributed by atoms with Crippen LogP contribution in [-0.4, -0.2) is 10.9 Å². The third-order valence-electron chi connectivity index (χ3n) is 5.19. The Morgan fingerprint density at radius 3 is 2.42 bits per heavy atom. The first-order valence-electron chi connectivity index (χ1n) is 10.1. The molecule has 0 unspecified atom stereocenters. The molecule has 0 aliphatic carbocycles. The van der Waals surface area contributed by atoms with Crippen LogP contribution in [0.2, 0.25) is 5.02 Å². The number of benzene rings is 3. The fourth-order valence-corrected chi connectivity index (χ4v) is 3.60. The summed E-state index contributed by atoms with van der Waals surface area (Å²) in [6.45, 7) is 6.28. The molecule has 0 radical (unpaired) electrons. The van der Waals surface area contributed by atoms with Crippen LogP contribution in [0.4, 0.5) is 18.9 Å². The van der Waals surface area contributed by atoms with E-state index in [0.29, 0.717) is 21.7 Å². The number of hydrogen-bond donors (Lipinski definition) is 1. The van der Waals surface area contributed by atoms with Crippen LogP contribution in [0.1, 0.15) is 42.3 Å². The summed E-state index contributed by atoms with van der Waals surface area (Å²) in [6, 6.07) is 14.9. The predicted molar refractivity (Wildman–Crippen MR) is 123 cm³/mol. The molecule has 0 fully saturated rings. The molecule has 0 saturated carbocycles. The van der Waals surface area contributed by atoms with Crippen LogP contribution >= 0.6 is 11.6 Å². The first-order chi connectivity index (χ1) is 15.4. The average Bonchev–Trinajstić information content (AvgIpc) is 3.17. The molecule has 4 rings (SSSR count). The minimum Gasteiger partial charge on any atom is -0.436 e. The summed E-state index contributed by atoms with van der Waals surface area (Å²) in [7, 11) is 0. The first-order valence-corrected chi connectivity index (χ1v) is 10.5. The molecule has 0 bridgehead atoms. The minimum atomic E-state index is -4.65. The molecule has 1 amide bonds. The number of halogens is 4. The van der Waals surface area contributed by atoms with Gasteiger partial charge in [0.2, 0.25) is 5.89 Å². The Bertz CT molecular complexity index is 1350. The van der Waals surface area contributed by atoms with Crippen LogP contribution in [0.25, 0.3) is 22.6 Å². The molecule has 0 saturated heterocycles. The van der Waals surface area contributed by atoms with Gasteiger partial charge in [0.15, 0.2) is 5.58 Å². The largest absolute Gasteiger partial charge is 0.436 e. The number of aromatic nitrogens is 1. The van der Waals surface area contributed by atoms with Gasteiger partial charge in [-0.1, -0.05) is 50.6 Å². The van der Waals surface area contributed by atoms with Gasteiger partial charge in [0, 0.05) is 5.69 Å². The van der Waals surface area contributed by atoms with Crippen molar-refractivity contribution in [3.8, 4) is 11.5 Å². The number of fused-ring (bicyclic) bond motifs is 1. The molecule has 4 aromatic rings. The predicted octanol–water partition coefficient (Wildman–Crippen LogP) is 7.72. The zero-order valence-electron chi connectivity index (χ0n) is 18.0. The highest BCUT2D eigenvalue weighted by Gasteiger charge is 2.34. The van der Waals surface area contributed by atoms with Gasteiger partial charge in [0.1, 0.15) is 5.52 Å². The molecule has 33 heavy (non-hydrogen) atoms. The van der Waals surface area contributed by atoms with E-state index >= 15 is 0 Å². The topological polar surface area (TPSA) is 55.1 Å². The molecule has 1 heterocycles. The fraction of sp³-hybridized carbons (Fsp3) is 0.200. The number of rotatable bonds is 3. The third-order valence-corrected chi connectivity index (χ3v) is 5.51. The molecule has 1 N–H and O–H groups in total. The van der Waals surface area contributed by atoms with Crippen LogP contribution in [-0.2, 0) is 11.6 Å². The van der Waals surface area contributed by atoms with E-state index in [-0.39, 0.29) is 17.0 Å². The van der Waals surface area contributed by atoms with Crippen LogP contribution in [0.15, 0.2) is 65.1 Å². The lowest BCUT2D eigenvalue weighted by Gasteiger charge is -2.18. The first kappa shape index (κ1) is 22.9. The summed E-state index contributed by atoms with van der Waals surface area (Å²) in [5.41, 5.74) is 1.43. The zero-order valence-corrected chi connectivity index (χ0v) is 18.8. The Kier molecular flexibility index (Phi) is 5.70. The molecule has 4 nitrogen and oxygen atoms in total. The Hall–Kier alpha value is -3.32. The molecule has 3 aromatic carbocycles. The molecule has 0 aliphatic rings. The van der Waals surface area contributed by atoms with E-state index in [1.807, 2.05) is 18.2 Å². The number of hydrogen-bond acceptors (Lipinski definition) is 3. The molecule has 1 aromatic heterocycles. The smallest absolute Gasteiger partial charge is 0.417 e. The maximum absolute atomic E-state index is 13.3. The second-order valence-corrected chi connectivity index (χ2v) is 9.05. The van der Waals surface area contributed by atoms with E-state index in [1.54, 1.807) is 0 Å². The fourth-order valence-electron chi connectivity index (χ4n) is 3.40. The van der Waals surface area contributed by atoms with E-state index in [1.165, 1.54) is 30.3 Å². The lowest BCUT2D eigenvalue weighted by Crippen LogP contribution is -2.18. The van der Waals surface area contributed by atoms with Crippen molar-refractivity contribution in [1.82, 2.24) is 4.98 Å². The molecule has 170 valence electrons. The van der Waals surface area contributed by atoms with Gasteiger partial charge in [-0.2, -0.15) is 13.2 Å². The van der Waals surface area contributed by atoms with E-state index in [9.17, 15) is 18.0 Å². The number of anilines is 1. The Balaban J connectivity index is 1.68. The molecule has 0 atom stereocenters. The van der Waals surface area contributed by atoms with Gasteiger partial charge in [0.05, 0.1) is 21.7 Å². The minimum absolute atomic E-state index is 0.0676. The van der Waals surface area contributed by atoms with E-state index in [0.717, 1.165) is 17.7 Å². The number of nitrogens with one attached hydrogen (secondary N) is 1. The van der Waals surface area contributed by atoms with Crippen molar-refractivity contribution in [2.24, 2.45) is 0 Å². The molecule has 8 heteroatoms. The lowest BCUT2D eigenvalue weighted by molar-refractivity contribution is -0.137. The van der Waals surface area contributed by atoms with Crippen molar-refractivity contribution in [3.63, 3.8) is 0 Å². The summed E-state index contributed by atoms with van der Waals surface area (Å²) < 4.78 is 45.7. The second-order valence-electron chi connectivity index (χ2n) is 8.64. The highest BCUT2D eigenvalue weighted by Crippen LogP contribution is 2.35. The SMILES string of the molecule is CC(C)(C)c1ccc2oc(-c3cc(NC(=O)c4ccccc4C(F)(F)F)ccc3Cl)nc2c1. The normalized spacial score (nSPS) is 12.2. The van der Waals surface area contributed by atoms with Gasteiger partial charge >= 0.3 is 6.18 Å². The highest BCUT2D eigenvalue weighted by atomic mass is 35.5. The van der Waals surface area contributed by atoms with Crippen molar-refractivity contribution in [2.45, 2.75) is 32.4 Å². The number of amides is 1. The maximum Gasteiger partial charge on any atom is 0.417 e. The quantitative estimate of drug-likeness (QED) is 0.332. The molecular weight excluding hydrogens is 453 g/mol. The standard InChI is InChI=1S/C25H20ClF3N2O2/c1-24(2,3)14-8-11-21-20(12-14)31-23(33-21)17-13-15(9-10-19(17)26)30-22(32)16-6-4-5-7-18(16)25(27,28)29/h4-13H,1-3H3,(H,30,32). The van der Waals surface area contributed by atoms with Crippen LogP contribution in [0, 0.1) is 0 Å². The molecule has 0 spiro atoms. The van der Waals surface area contributed by atoms with Gasteiger partial charge in [-0.25, -0.2) is 4.98 Å². The van der Waals surface area contributed by atoms with Gasteiger partial charge in [-0.05, 0) is 53.4 Å². The van der Waals surface area contributed by atoms with Crippen LogP contribution in [0.5, 0.6) is 0 Å². The summed E-state index contributed by atoms with van der Waals surface area (Å²) in [5, 5.41) is 2.83. The van der Waals surface area contributed by atoms with Crippen LogP contribution < -0.4 is 5.32 Å². The summed E-state index contributed by atoms with van der Waals surface area (Å²) in [4.78, 5) is 17.1. The van der Waals surface area contributed by atoms with Gasteiger partial charge in [-0.3, -0.25) is 4.79 Å². The van der Waals surface area contributed by atoms with Crippen molar-refractivity contribution in [1.29, 1.82) is 0 Å². The lowest BCUT2D eigenvalue weighted by atomic mass is 9.87. The second kappa shape index (κ2) is 8.23. The number of oxazole rings is 1. The van der Waals surface area contributed by atoms with Gasteiger partial charge in [0.25, 0.3) is 5.91 Å². The number of carbonyl (C=O) groups excluding carboxylic acids is 1. The van der Waals surface area contributed by atoms with E-state index in [2.05, 4.69) is 31.1 Å². The maximum atomic E-state index is 13.3. The zero-order chi connectivity index (χ0) is 24.0. The summed E-state index contributed by atoms with van der Waals surface area (Å²) in [6.07, 6.45) is -4.65. The Labute approximate surface area is 193 Å². The van der Waals surface area contributed by atoms with Crippen molar-refractivity contribution < 1.29 is 22.4 Å². The Morgan fingerprint density at radius 2 is 1.73 bits per heavy atom. The third kappa shape index (κ3) is 4.73. The van der Waals surface area contributed by atoms with Gasteiger partial charge < -0.3 is 9.73 Å². The van der Waals surface area contributed by atoms with Gasteiger partial charge in [-0.15, -0.1) is 0 Å². The number of nitrogens with zero attached hydrogens (tertiary/aromatic N) is 1. The Morgan fingerprint density at radius 1 is 1.00 bits per heavy atom. The van der Waals surface area contributed by atoms with Crippen molar-refractivity contribution >= 4 is 34.3 Å². The van der Waals surface area contributed by atoms with Crippen LogP contribution in [0.3, 0.4) is 0 Å². The van der Waals surface area contributed by atoms with Crippen molar-refractivity contribution in [2.75, 3.05) is 5.32 Å². The average molecular weight is 473 g/mol. The summed E-state index contributed by atoms with van der Waals surface area (Å²) >= 11 is 6.34. The number of alkyl halides is 3. The number of carbonyl (C=O) groups is 1. The van der Waals surface area contributed by atoms with Crippen molar-refractivity contribution in [3.05, 3.63) is 82.4 Å². The highest BCUT2D eigenvalue weighted by molar-refractivity contribution is 6.33.